The van der Waals surface area contributed by atoms with Crippen LogP contribution < -0.4 is 20.7 Å². The number of hydrogen-bond donors (Lipinski definition) is 0. The summed E-state index contributed by atoms with van der Waals surface area (Å²) in [6.45, 7) is 1.47. The summed E-state index contributed by atoms with van der Waals surface area (Å²) in [5, 5.41) is 40.4. The molecule has 40 heavy (non-hydrogen) atoms. The molecule has 2 aromatic heterocycles. The van der Waals surface area contributed by atoms with Crippen LogP contribution in [-0.2, 0) is 5.41 Å². The van der Waals surface area contributed by atoms with Gasteiger partial charge in [-0.25, -0.2) is 9.59 Å². The van der Waals surface area contributed by atoms with Crippen LogP contribution in [0.25, 0.3) is 27.5 Å². The zero-order chi connectivity index (χ0) is 29.0. The van der Waals surface area contributed by atoms with E-state index in [1.54, 1.807) is 42.5 Å². The largest absolute Gasteiger partial charge is 0.497 e. The van der Waals surface area contributed by atoms with Crippen molar-refractivity contribution in [2.75, 3.05) is 14.2 Å². The van der Waals surface area contributed by atoms with Crippen LogP contribution in [0.15, 0.2) is 72.5 Å². The molecule has 196 valence electrons. The van der Waals surface area contributed by atoms with Gasteiger partial charge >= 0.3 is 11.3 Å². The van der Waals surface area contributed by atoms with Crippen LogP contribution in [0.4, 0.5) is 0 Å². The minimum Gasteiger partial charge on any atom is -0.497 e. The van der Waals surface area contributed by atoms with Crippen molar-refractivity contribution in [3.63, 3.8) is 0 Å². The Bertz CT molecular complexity index is 1950. The number of rotatable bonds is 7. The van der Waals surface area contributed by atoms with Crippen LogP contribution in [-0.4, -0.2) is 14.2 Å². The fourth-order valence-corrected chi connectivity index (χ4v) is 4.58. The molecular formula is C30H20N4O6. The van der Waals surface area contributed by atoms with Crippen LogP contribution >= 0.6 is 0 Å². The maximum atomic E-state index is 13.3. The van der Waals surface area contributed by atoms with Crippen molar-refractivity contribution < 1.29 is 18.3 Å². The first-order chi connectivity index (χ1) is 19.2. The van der Waals surface area contributed by atoms with Crippen molar-refractivity contribution in [1.29, 1.82) is 21.0 Å². The minimum absolute atomic E-state index is 0.0547. The molecule has 0 aliphatic carbocycles. The number of benzene rings is 2. The Balaban J connectivity index is 2.02. The highest BCUT2D eigenvalue weighted by Crippen LogP contribution is 2.41. The lowest BCUT2D eigenvalue weighted by Crippen LogP contribution is -2.36. The molecule has 0 saturated carbocycles. The number of nitrogens with zero attached hydrogens (tertiary/aromatic N) is 4. The second-order valence-corrected chi connectivity index (χ2v) is 9.07. The van der Waals surface area contributed by atoms with Gasteiger partial charge in [0, 0.05) is 21.8 Å². The molecule has 0 aliphatic rings. The Labute approximate surface area is 227 Å². The maximum absolute atomic E-state index is 13.3. The number of allylic oxidation sites excluding steroid dienone is 2. The monoisotopic (exact) mass is 532 g/mol. The van der Waals surface area contributed by atoms with Crippen LogP contribution in [0, 0.1) is 51.2 Å². The predicted molar refractivity (Wildman–Crippen MR) is 143 cm³/mol. The number of ether oxygens (including phenoxy) is 2. The molecule has 0 N–H and O–H groups in total. The van der Waals surface area contributed by atoms with Crippen molar-refractivity contribution in [2.45, 2.75) is 18.8 Å². The summed E-state index contributed by atoms with van der Waals surface area (Å²) in [7, 11) is 2.94. The molecule has 0 fully saturated rings. The van der Waals surface area contributed by atoms with E-state index in [0.717, 1.165) is 0 Å². The van der Waals surface area contributed by atoms with Crippen LogP contribution in [0.1, 0.15) is 24.5 Å². The van der Waals surface area contributed by atoms with Gasteiger partial charge in [-0.05, 0) is 60.5 Å². The minimum atomic E-state index is -1.63. The normalized spacial score (nSPS) is 12.0. The van der Waals surface area contributed by atoms with Gasteiger partial charge in [-0.2, -0.15) is 21.0 Å². The summed E-state index contributed by atoms with van der Waals surface area (Å²) < 4.78 is 21.5. The highest BCUT2D eigenvalue weighted by atomic mass is 16.5. The van der Waals surface area contributed by atoms with E-state index in [4.69, 9.17) is 18.3 Å². The van der Waals surface area contributed by atoms with Gasteiger partial charge in [0.05, 0.1) is 31.9 Å². The molecule has 1 atom stereocenters. The van der Waals surface area contributed by atoms with E-state index < -0.39 is 34.6 Å². The molecule has 0 spiro atoms. The van der Waals surface area contributed by atoms with Crippen LogP contribution in [0.3, 0.4) is 0 Å². The average molecular weight is 533 g/mol. The van der Waals surface area contributed by atoms with Crippen LogP contribution in [0.5, 0.6) is 11.5 Å². The third-order valence-electron chi connectivity index (χ3n) is 6.78. The van der Waals surface area contributed by atoms with Gasteiger partial charge in [0.25, 0.3) is 0 Å². The molecule has 0 saturated heterocycles. The smallest absolute Gasteiger partial charge is 0.343 e. The molecule has 0 amide bonds. The first-order valence-electron chi connectivity index (χ1n) is 11.8. The first-order valence-corrected chi connectivity index (χ1v) is 11.8. The van der Waals surface area contributed by atoms with Gasteiger partial charge in [-0.1, -0.05) is 6.92 Å². The predicted octanol–water partition coefficient (Wildman–Crippen LogP) is 4.73. The second-order valence-electron chi connectivity index (χ2n) is 9.07. The van der Waals surface area contributed by atoms with Gasteiger partial charge in [0.1, 0.15) is 46.3 Å². The Kier molecular flexibility index (Phi) is 7.39. The molecule has 10 nitrogen and oxygen atoms in total. The van der Waals surface area contributed by atoms with Gasteiger partial charge < -0.3 is 18.3 Å². The highest BCUT2D eigenvalue weighted by Gasteiger charge is 2.42. The number of methoxy groups -OCH3 is 2. The molecule has 0 aliphatic heterocycles. The Hall–Kier alpha value is -5.84. The molecule has 0 radical (unpaired) electrons. The van der Waals surface area contributed by atoms with Crippen LogP contribution in [0.2, 0.25) is 0 Å². The molecule has 0 bridgehead atoms. The Morgan fingerprint density at radius 3 is 1.85 bits per heavy atom. The quantitative estimate of drug-likeness (QED) is 0.239. The van der Waals surface area contributed by atoms with E-state index >= 15 is 0 Å². The van der Waals surface area contributed by atoms with E-state index in [0.29, 0.717) is 22.3 Å². The summed E-state index contributed by atoms with van der Waals surface area (Å²) >= 11 is 0. The van der Waals surface area contributed by atoms with Gasteiger partial charge in [-0.15, -0.1) is 0 Å². The average Bonchev–Trinajstić information content (AvgIpc) is 2.96. The number of nitriles is 4. The first kappa shape index (κ1) is 27.2. The fraction of sp³-hybridized carbons (Fsp3) is 0.200. The summed E-state index contributed by atoms with van der Waals surface area (Å²) in [6.07, 6.45) is -0.393. The molecule has 4 aromatic rings. The lowest BCUT2D eigenvalue weighted by Gasteiger charge is -2.31. The van der Waals surface area contributed by atoms with Gasteiger partial charge in [0.2, 0.25) is 0 Å². The maximum Gasteiger partial charge on any atom is 0.343 e. The van der Waals surface area contributed by atoms with E-state index in [9.17, 15) is 30.6 Å². The van der Waals surface area contributed by atoms with Gasteiger partial charge in [0.15, 0.2) is 0 Å². The topological polar surface area (TPSA) is 174 Å². The van der Waals surface area contributed by atoms with Crippen molar-refractivity contribution >= 4 is 27.5 Å². The zero-order valence-electron chi connectivity index (χ0n) is 21.6. The summed E-state index contributed by atoms with van der Waals surface area (Å²) in [4.78, 5) is 26.4. The molecule has 2 aromatic carbocycles. The van der Waals surface area contributed by atoms with E-state index in [1.807, 2.05) is 12.1 Å². The lowest BCUT2D eigenvalue weighted by molar-refractivity contribution is 0.400. The SMILES string of the molecule is COc1ccc2oc(=O)c(C(CC(C)(c3cc4cc(OC)ccc4oc3=O)C(C#N)C#N)=C(C#N)C#N)cc2c1. The molecule has 1 unspecified atom stereocenters. The van der Waals surface area contributed by atoms with Crippen molar-refractivity contribution in [3.05, 3.63) is 86.1 Å². The number of hydrogen-bond acceptors (Lipinski definition) is 10. The molecule has 10 heteroatoms. The third-order valence-corrected chi connectivity index (χ3v) is 6.78. The van der Waals surface area contributed by atoms with Crippen molar-refractivity contribution in [2.24, 2.45) is 5.92 Å². The fourth-order valence-electron chi connectivity index (χ4n) is 4.58. The van der Waals surface area contributed by atoms with E-state index in [2.05, 4.69) is 0 Å². The van der Waals surface area contributed by atoms with Crippen molar-refractivity contribution in [1.82, 2.24) is 0 Å². The Morgan fingerprint density at radius 2 is 1.35 bits per heavy atom. The lowest BCUT2D eigenvalue weighted by atomic mass is 9.68. The third kappa shape index (κ3) is 4.74. The number of fused-ring (bicyclic) bond motifs is 2. The Morgan fingerprint density at radius 1 is 0.825 bits per heavy atom. The standard InChI is InChI=1S/C30H20N4O6/c1-30(20(15-33)16-34,25-11-18-9-22(38-3)5-7-27(18)40-29(25)36)12-24(19(13-31)14-32)23-10-17-8-21(37-2)4-6-26(17)39-28(23)35/h4-11,20H,12H2,1-3H3. The molecule has 2 heterocycles. The molecular weight excluding hydrogens is 512 g/mol. The van der Waals surface area contributed by atoms with Crippen molar-refractivity contribution in [3.8, 4) is 35.8 Å². The van der Waals surface area contributed by atoms with E-state index in [1.165, 1.54) is 39.3 Å². The highest BCUT2D eigenvalue weighted by molar-refractivity contribution is 5.85. The van der Waals surface area contributed by atoms with Gasteiger partial charge in [-0.3, -0.25) is 0 Å². The summed E-state index contributed by atoms with van der Waals surface area (Å²) in [6, 6.07) is 19.8. The van der Waals surface area contributed by atoms with E-state index in [-0.39, 0.29) is 27.9 Å². The summed E-state index contributed by atoms with van der Waals surface area (Å²) in [5.41, 5.74) is -3.54. The second kappa shape index (κ2) is 10.9. The zero-order valence-corrected chi connectivity index (χ0v) is 21.6. The summed E-state index contributed by atoms with van der Waals surface area (Å²) in [5.74, 6) is -0.492. The molecule has 4 rings (SSSR count).